The van der Waals surface area contributed by atoms with Gasteiger partial charge in [-0.3, -0.25) is 9.00 Å². The predicted octanol–water partition coefficient (Wildman–Crippen LogP) is 0.911. The second kappa shape index (κ2) is 6.61. The summed E-state index contributed by atoms with van der Waals surface area (Å²) in [4.78, 5) is 11.0. The lowest BCUT2D eigenvalue weighted by Gasteiger charge is -2.09. The van der Waals surface area contributed by atoms with Crippen LogP contribution in [0.25, 0.3) is 0 Å². The Morgan fingerprint density at radius 3 is 2.72 bits per heavy atom. The molecule has 0 spiro atoms. The third-order valence-electron chi connectivity index (χ3n) is 2.57. The van der Waals surface area contributed by atoms with Gasteiger partial charge in [0.2, 0.25) is 5.91 Å². The molecular formula is C12H17FN2O2S. The van der Waals surface area contributed by atoms with Crippen molar-refractivity contribution in [1.29, 1.82) is 0 Å². The van der Waals surface area contributed by atoms with Crippen LogP contribution in [-0.4, -0.2) is 21.9 Å². The zero-order valence-corrected chi connectivity index (χ0v) is 11.0. The zero-order valence-electron chi connectivity index (χ0n) is 10.2. The largest absolute Gasteiger partial charge is 0.366 e. The molecule has 0 aromatic heterocycles. The highest BCUT2D eigenvalue weighted by atomic mass is 32.2. The fourth-order valence-electron chi connectivity index (χ4n) is 1.43. The van der Waals surface area contributed by atoms with Gasteiger partial charge in [0.1, 0.15) is 5.82 Å². The van der Waals surface area contributed by atoms with Crippen molar-refractivity contribution in [2.24, 2.45) is 11.5 Å². The van der Waals surface area contributed by atoms with Crippen molar-refractivity contribution in [3.05, 3.63) is 35.1 Å². The lowest BCUT2D eigenvalue weighted by Crippen LogP contribution is -2.26. The van der Waals surface area contributed by atoms with E-state index in [1.54, 1.807) is 0 Å². The highest BCUT2D eigenvalue weighted by molar-refractivity contribution is 7.84. The Morgan fingerprint density at radius 2 is 2.17 bits per heavy atom. The topological polar surface area (TPSA) is 86.2 Å². The number of carbonyl (C=O) groups is 1. The molecule has 0 aliphatic carbocycles. The third kappa shape index (κ3) is 4.19. The van der Waals surface area contributed by atoms with Crippen LogP contribution in [-0.2, 0) is 16.6 Å². The molecule has 4 N–H and O–H groups in total. The fraction of sp³-hybridized carbons (Fsp3) is 0.417. The van der Waals surface area contributed by atoms with Gasteiger partial charge in [0, 0.05) is 33.7 Å². The van der Waals surface area contributed by atoms with E-state index in [0.717, 1.165) is 12.5 Å². The molecule has 1 rings (SSSR count). The van der Waals surface area contributed by atoms with Gasteiger partial charge in [-0.25, -0.2) is 4.39 Å². The Kier molecular flexibility index (Phi) is 5.43. The number of benzene rings is 1. The molecule has 2 unspecified atom stereocenters. The average molecular weight is 272 g/mol. The van der Waals surface area contributed by atoms with Crippen molar-refractivity contribution in [2.75, 3.05) is 5.75 Å². The molecular weight excluding hydrogens is 255 g/mol. The maximum atomic E-state index is 13.5. The zero-order chi connectivity index (χ0) is 13.7. The molecule has 0 saturated heterocycles. The summed E-state index contributed by atoms with van der Waals surface area (Å²) in [5.74, 6) is -0.761. The number of nitrogens with two attached hydrogens (primary N) is 2. The maximum Gasteiger partial charge on any atom is 0.248 e. The first-order valence-electron chi connectivity index (χ1n) is 5.62. The van der Waals surface area contributed by atoms with Gasteiger partial charge in [-0.05, 0) is 24.6 Å². The number of rotatable bonds is 6. The summed E-state index contributed by atoms with van der Waals surface area (Å²) in [5.41, 5.74) is 11.2. The molecule has 0 saturated carbocycles. The molecule has 1 amide bonds. The maximum absolute atomic E-state index is 13.5. The van der Waals surface area contributed by atoms with Crippen LogP contribution in [0.4, 0.5) is 4.39 Å². The SMILES string of the molecule is CCC(N)CS(=O)Cc1cc(C(N)=O)ccc1F. The lowest BCUT2D eigenvalue weighted by atomic mass is 10.1. The van der Waals surface area contributed by atoms with Gasteiger partial charge in [0.15, 0.2) is 0 Å². The van der Waals surface area contributed by atoms with E-state index < -0.39 is 22.5 Å². The molecule has 0 bridgehead atoms. The Labute approximate surface area is 108 Å². The lowest BCUT2D eigenvalue weighted by molar-refractivity contribution is 0.1000. The average Bonchev–Trinajstić information content (AvgIpc) is 2.31. The van der Waals surface area contributed by atoms with E-state index in [0.29, 0.717) is 5.75 Å². The van der Waals surface area contributed by atoms with E-state index in [4.69, 9.17) is 11.5 Å². The van der Waals surface area contributed by atoms with E-state index in [-0.39, 0.29) is 22.9 Å². The summed E-state index contributed by atoms with van der Waals surface area (Å²) >= 11 is 0. The monoisotopic (exact) mass is 272 g/mol. The summed E-state index contributed by atoms with van der Waals surface area (Å²) in [6, 6.07) is 3.65. The highest BCUT2D eigenvalue weighted by Gasteiger charge is 2.12. The van der Waals surface area contributed by atoms with E-state index >= 15 is 0 Å². The second-order valence-electron chi connectivity index (χ2n) is 4.09. The van der Waals surface area contributed by atoms with Gasteiger partial charge in [-0.1, -0.05) is 6.92 Å². The molecule has 0 radical (unpaired) electrons. The Balaban J connectivity index is 2.80. The molecule has 0 fully saturated rings. The summed E-state index contributed by atoms with van der Waals surface area (Å²) in [7, 11) is -1.25. The normalized spacial score (nSPS) is 14.2. The van der Waals surface area contributed by atoms with Crippen LogP contribution in [0.5, 0.6) is 0 Å². The second-order valence-corrected chi connectivity index (χ2v) is 5.59. The minimum atomic E-state index is -1.25. The van der Waals surface area contributed by atoms with Crippen LogP contribution in [0.1, 0.15) is 29.3 Å². The molecule has 18 heavy (non-hydrogen) atoms. The number of halogens is 1. The molecule has 0 aliphatic rings. The standard InChI is InChI=1S/C12H17FN2O2S/c1-2-10(14)7-18(17)6-9-5-8(12(15)16)3-4-11(9)13/h3-5,10H,2,6-7,14H2,1H3,(H2,15,16). The number of amides is 1. The van der Waals surface area contributed by atoms with Crippen molar-refractivity contribution in [3.8, 4) is 0 Å². The quantitative estimate of drug-likeness (QED) is 0.807. The third-order valence-corrected chi connectivity index (χ3v) is 4.00. The Bertz CT molecular complexity index is 465. The van der Waals surface area contributed by atoms with Crippen molar-refractivity contribution in [2.45, 2.75) is 25.1 Å². The first-order valence-corrected chi connectivity index (χ1v) is 7.11. The molecule has 4 nitrogen and oxygen atoms in total. The Morgan fingerprint density at radius 1 is 1.50 bits per heavy atom. The first kappa shape index (κ1) is 14.8. The van der Waals surface area contributed by atoms with Crippen LogP contribution in [0.3, 0.4) is 0 Å². The van der Waals surface area contributed by atoms with Crippen molar-refractivity contribution in [1.82, 2.24) is 0 Å². The molecule has 100 valence electrons. The first-order chi connectivity index (χ1) is 8.43. The van der Waals surface area contributed by atoms with Gasteiger partial charge in [0.05, 0.1) is 5.75 Å². The predicted molar refractivity (Wildman–Crippen MR) is 69.9 cm³/mol. The molecule has 6 heteroatoms. The van der Waals surface area contributed by atoms with E-state index in [2.05, 4.69) is 0 Å². The van der Waals surface area contributed by atoms with Gasteiger partial charge in [-0.15, -0.1) is 0 Å². The van der Waals surface area contributed by atoms with E-state index in [1.165, 1.54) is 12.1 Å². The molecule has 1 aromatic rings. The van der Waals surface area contributed by atoms with Crippen LogP contribution in [0, 0.1) is 5.82 Å². The van der Waals surface area contributed by atoms with Crippen LogP contribution < -0.4 is 11.5 Å². The number of carbonyl (C=O) groups excluding carboxylic acids is 1. The summed E-state index contributed by atoms with van der Waals surface area (Å²) in [6.45, 7) is 1.90. The number of hydrogen-bond acceptors (Lipinski definition) is 3. The number of primary amides is 1. The molecule has 0 aliphatic heterocycles. The summed E-state index contributed by atoms with van der Waals surface area (Å²) in [6.07, 6.45) is 0.718. The molecule has 1 aromatic carbocycles. The Hall–Kier alpha value is -1.27. The van der Waals surface area contributed by atoms with Gasteiger partial charge in [0.25, 0.3) is 0 Å². The van der Waals surface area contributed by atoms with Crippen LogP contribution >= 0.6 is 0 Å². The minimum Gasteiger partial charge on any atom is -0.366 e. The van der Waals surface area contributed by atoms with Gasteiger partial charge >= 0.3 is 0 Å². The van der Waals surface area contributed by atoms with Crippen molar-refractivity contribution >= 4 is 16.7 Å². The smallest absolute Gasteiger partial charge is 0.248 e. The van der Waals surface area contributed by atoms with Crippen LogP contribution in [0.2, 0.25) is 0 Å². The van der Waals surface area contributed by atoms with Gasteiger partial charge < -0.3 is 11.5 Å². The fourth-order valence-corrected chi connectivity index (χ4v) is 2.83. The number of hydrogen-bond donors (Lipinski definition) is 2. The van der Waals surface area contributed by atoms with E-state index in [9.17, 15) is 13.4 Å². The highest BCUT2D eigenvalue weighted by Crippen LogP contribution is 2.13. The van der Waals surface area contributed by atoms with Crippen molar-refractivity contribution in [3.63, 3.8) is 0 Å². The minimum absolute atomic E-state index is 0.0423. The van der Waals surface area contributed by atoms with Crippen molar-refractivity contribution < 1.29 is 13.4 Å². The molecule has 0 heterocycles. The van der Waals surface area contributed by atoms with Gasteiger partial charge in [-0.2, -0.15) is 0 Å². The molecule has 2 atom stereocenters. The summed E-state index contributed by atoms with van der Waals surface area (Å²) < 4.78 is 25.3. The van der Waals surface area contributed by atoms with Crippen LogP contribution in [0.15, 0.2) is 18.2 Å². The summed E-state index contributed by atoms with van der Waals surface area (Å²) in [5, 5.41) is 0. The van der Waals surface area contributed by atoms with E-state index in [1.807, 2.05) is 6.92 Å².